The Hall–Kier alpha value is -4.14. The number of nitrogens with one attached hydrogen (secondary N) is 2. The Morgan fingerprint density at radius 1 is 1.06 bits per heavy atom. The highest BCUT2D eigenvalue weighted by atomic mass is 16.5. The molecule has 2 aromatic carbocycles. The molecule has 0 saturated heterocycles. The van der Waals surface area contributed by atoms with Crippen molar-refractivity contribution in [3.63, 3.8) is 0 Å². The van der Waals surface area contributed by atoms with Crippen LogP contribution in [0.2, 0.25) is 0 Å². The number of aromatic amines is 1. The van der Waals surface area contributed by atoms with Gasteiger partial charge >= 0.3 is 11.8 Å². The van der Waals surface area contributed by atoms with E-state index in [2.05, 4.69) is 47.1 Å². The van der Waals surface area contributed by atoms with Gasteiger partial charge in [0.25, 0.3) is 5.56 Å². The molecule has 0 spiro atoms. The predicted molar refractivity (Wildman–Crippen MR) is 134 cm³/mol. The molecule has 1 aromatic heterocycles. The Morgan fingerprint density at radius 3 is 2.49 bits per heavy atom. The van der Waals surface area contributed by atoms with Crippen molar-refractivity contribution in [2.45, 2.75) is 39.0 Å². The van der Waals surface area contributed by atoms with Crippen molar-refractivity contribution in [1.29, 1.82) is 0 Å². The second-order valence-corrected chi connectivity index (χ2v) is 9.34. The summed E-state index contributed by atoms with van der Waals surface area (Å²) < 4.78 is 11.9. The third-order valence-electron chi connectivity index (χ3n) is 6.01. The third kappa shape index (κ3) is 4.75. The summed E-state index contributed by atoms with van der Waals surface area (Å²) in [5.41, 5.74) is 7.29. The van der Waals surface area contributed by atoms with Crippen LogP contribution in [0.1, 0.15) is 43.9 Å². The van der Waals surface area contributed by atoms with E-state index >= 15 is 0 Å². The molecule has 0 bridgehead atoms. The molecule has 35 heavy (non-hydrogen) atoms. The summed E-state index contributed by atoms with van der Waals surface area (Å²) in [6.07, 6.45) is 2.33. The Kier molecular flexibility index (Phi) is 6.34. The lowest BCUT2D eigenvalue weighted by molar-refractivity contribution is 0.171. The number of hydrazone groups is 1. The van der Waals surface area contributed by atoms with Crippen molar-refractivity contribution in [2.24, 2.45) is 5.10 Å². The molecule has 2 N–H and O–H groups in total. The van der Waals surface area contributed by atoms with E-state index in [9.17, 15) is 14.4 Å². The molecule has 0 fully saturated rings. The van der Waals surface area contributed by atoms with Crippen LogP contribution in [0.3, 0.4) is 0 Å². The quantitative estimate of drug-likeness (QED) is 0.560. The number of nitrogens with zero attached hydrogens (tertiary/aromatic N) is 2. The zero-order valence-corrected chi connectivity index (χ0v) is 20.4. The van der Waals surface area contributed by atoms with Gasteiger partial charge in [-0.15, -0.1) is 0 Å². The van der Waals surface area contributed by atoms with Crippen molar-refractivity contribution < 1.29 is 14.3 Å². The number of carbonyl (C=O) groups excluding carboxylic acids is 1. The molecule has 3 aromatic rings. The van der Waals surface area contributed by atoms with Gasteiger partial charge in [-0.2, -0.15) is 5.10 Å². The van der Waals surface area contributed by atoms with Gasteiger partial charge in [-0.05, 0) is 41.5 Å². The average Bonchev–Trinajstić information content (AvgIpc) is 3.23. The largest absolute Gasteiger partial charge is 0.496 e. The standard InChI is InChI=1S/C26H28N4O5/c1-26(2,3)20-14-17(30-11-10-22(31)27-24(30)32)13-19(23(20)34-4)16-6-8-18-15(12-16)7-9-21(18)28-29-25(33)35-5/h6,8,10-14H,7,9H2,1-5H3,(H,29,33)(H,27,31,32)/b28-21-. The minimum atomic E-state index is -0.615. The normalized spacial score (nSPS) is 14.0. The lowest BCUT2D eigenvalue weighted by Crippen LogP contribution is -2.27. The van der Waals surface area contributed by atoms with Crippen LogP contribution in [0.15, 0.2) is 57.3 Å². The number of methoxy groups -OCH3 is 2. The van der Waals surface area contributed by atoms with E-state index in [-0.39, 0.29) is 5.41 Å². The third-order valence-corrected chi connectivity index (χ3v) is 6.01. The van der Waals surface area contributed by atoms with E-state index in [1.165, 1.54) is 23.9 Å². The molecule has 1 heterocycles. The first-order chi connectivity index (χ1) is 16.6. The van der Waals surface area contributed by atoms with Gasteiger partial charge < -0.3 is 9.47 Å². The van der Waals surface area contributed by atoms with Crippen LogP contribution in [0.25, 0.3) is 16.8 Å². The first-order valence-electron chi connectivity index (χ1n) is 11.2. The molecule has 1 aliphatic carbocycles. The molecule has 0 saturated carbocycles. The fourth-order valence-corrected chi connectivity index (χ4v) is 4.28. The van der Waals surface area contributed by atoms with Gasteiger partial charge in [0.2, 0.25) is 0 Å². The zero-order chi connectivity index (χ0) is 25.3. The van der Waals surface area contributed by atoms with Crippen LogP contribution in [0, 0.1) is 0 Å². The highest BCUT2D eigenvalue weighted by Gasteiger charge is 2.25. The molecule has 9 heteroatoms. The zero-order valence-electron chi connectivity index (χ0n) is 20.4. The number of fused-ring (bicyclic) bond motifs is 1. The van der Waals surface area contributed by atoms with Gasteiger partial charge in [-0.1, -0.05) is 39.0 Å². The van der Waals surface area contributed by atoms with Gasteiger partial charge in [0.1, 0.15) is 5.75 Å². The van der Waals surface area contributed by atoms with E-state index in [0.717, 1.165) is 45.7 Å². The smallest absolute Gasteiger partial charge is 0.427 e. The van der Waals surface area contributed by atoms with E-state index in [1.54, 1.807) is 7.11 Å². The number of ether oxygens (including phenoxy) is 2. The highest BCUT2D eigenvalue weighted by Crippen LogP contribution is 2.42. The lowest BCUT2D eigenvalue weighted by atomic mass is 9.83. The van der Waals surface area contributed by atoms with E-state index < -0.39 is 17.3 Å². The van der Waals surface area contributed by atoms with Crippen molar-refractivity contribution in [3.8, 4) is 22.6 Å². The van der Waals surface area contributed by atoms with Crippen LogP contribution < -0.4 is 21.4 Å². The number of H-pyrrole nitrogens is 1. The first-order valence-corrected chi connectivity index (χ1v) is 11.2. The van der Waals surface area contributed by atoms with Gasteiger partial charge in [0.05, 0.1) is 25.6 Å². The van der Waals surface area contributed by atoms with Crippen LogP contribution in [0.4, 0.5) is 4.79 Å². The van der Waals surface area contributed by atoms with E-state index in [0.29, 0.717) is 12.1 Å². The Labute approximate surface area is 202 Å². The topological polar surface area (TPSA) is 115 Å². The number of benzene rings is 2. The summed E-state index contributed by atoms with van der Waals surface area (Å²) in [4.78, 5) is 37.9. The van der Waals surface area contributed by atoms with Crippen molar-refractivity contribution in [3.05, 3.63) is 80.1 Å². The Balaban J connectivity index is 1.87. The average molecular weight is 477 g/mol. The molecule has 1 amide bonds. The predicted octanol–water partition coefficient (Wildman–Crippen LogP) is 3.51. The summed E-state index contributed by atoms with van der Waals surface area (Å²) in [6.45, 7) is 6.23. The van der Waals surface area contributed by atoms with Gasteiger partial charge in [-0.25, -0.2) is 15.0 Å². The SMILES string of the molecule is COC(=O)N/N=C1/CCc2cc(-c3cc(-n4ccc(=O)[nH]c4=O)cc(C(C)(C)C)c3OC)ccc21. The monoisotopic (exact) mass is 476 g/mol. The maximum Gasteiger partial charge on any atom is 0.427 e. The minimum Gasteiger partial charge on any atom is -0.496 e. The van der Waals surface area contributed by atoms with E-state index in [4.69, 9.17) is 4.74 Å². The summed E-state index contributed by atoms with van der Waals surface area (Å²) in [5, 5.41) is 4.19. The second-order valence-electron chi connectivity index (χ2n) is 9.34. The van der Waals surface area contributed by atoms with Crippen molar-refractivity contribution >= 4 is 11.8 Å². The van der Waals surface area contributed by atoms with E-state index in [1.807, 2.05) is 24.3 Å². The number of hydrogen-bond acceptors (Lipinski definition) is 6. The molecular weight excluding hydrogens is 448 g/mol. The molecule has 182 valence electrons. The second kappa shape index (κ2) is 9.25. The van der Waals surface area contributed by atoms with Crippen LogP contribution in [0.5, 0.6) is 5.75 Å². The molecule has 0 radical (unpaired) electrons. The first kappa shape index (κ1) is 24.0. The van der Waals surface area contributed by atoms with Gasteiger partial charge in [0.15, 0.2) is 0 Å². The summed E-state index contributed by atoms with van der Waals surface area (Å²) in [6, 6.07) is 11.2. The molecule has 0 atom stereocenters. The Bertz CT molecular complexity index is 1440. The maximum atomic E-state index is 12.5. The van der Waals surface area contributed by atoms with Crippen LogP contribution in [-0.4, -0.2) is 35.6 Å². The molecule has 1 aliphatic rings. The van der Waals surface area contributed by atoms with Gasteiger partial charge in [-0.3, -0.25) is 14.3 Å². The highest BCUT2D eigenvalue weighted by molar-refractivity contribution is 6.05. The molecule has 4 rings (SSSR count). The van der Waals surface area contributed by atoms with Gasteiger partial charge in [0, 0.05) is 29.0 Å². The molecule has 0 aliphatic heterocycles. The number of hydrogen-bond donors (Lipinski definition) is 2. The number of rotatable bonds is 4. The summed E-state index contributed by atoms with van der Waals surface area (Å²) in [5.74, 6) is 0.720. The summed E-state index contributed by atoms with van der Waals surface area (Å²) in [7, 11) is 2.93. The lowest BCUT2D eigenvalue weighted by Gasteiger charge is -2.26. The number of carbonyl (C=O) groups is 1. The van der Waals surface area contributed by atoms with Crippen LogP contribution >= 0.6 is 0 Å². The fourth-order valence-electron chi connectivity index (χ4n) is 4.28. The fraction of sp³-hybridized carbons (Fsp3) is 0.308. The summed E-state index contributed by atoms with van der Waals surface area (Å²) >= 11 is 0. The Morgan fingerprint density at radius 2 is 1.83 bits per heavy atom. The molecule has 0 unspecified atom stereocenters. The maximum absolute atomic E-state index is 12.5. The molecular formula is C26H28N4O5. The van der Waals surface area contributed by atoms with Crippen molar-refractivity contribution in [2.75, 3.05) is 14.2 Å². The number of amides is 1. The molecule has 9 nitrogen and oxygen atoms in total. The van der Waals surface area contributed by atoms with Crippen molar-refractivity contribution in [1.82, 2.24) is 15.0 Å². The number of aryl methyl sites for hydroxylation is 1. The minimum absolute atomic E-state index is 0.280. The van der Waals surface area contributed by atoms with Crippen LogP contribution in [-0.2, 0) is 16.6 Å². The number of aromatic nitrogens is 2.